The molecule has 3 rings (SSSR count). The van der Waals surface area contributed by atoms with Crippen molar-refractivity contribution in [2.24, 2.45) is 5.41 Å². The lowest BCUT2D eigenvalue weighted by atomic mass is 9.94. The fourth-order valence-corrected chi connectivity index (χ4v) is 2.96. The smallest absolute Gasteiger partial charge is 0.0706 e. The van der Waals surface area contributed by atoms with Crippen LogP contribution in [0, 0.1) is 19.3 Å². The van der Waals surface area contributed by atoms with Crippen LogP contribution in [0.4, 0.5) is 5.69 Å². The Labute approximate surface area is 195 Å². The summed E-state index contributed by atoms with van der Waals surface area (Å²) in [6.45, 7) is 19.1. The SMILES string of the molecule is C=C(C)N(C)c1cc(-c2cccc(Cc3cccc(C)n3)n2)ccc1C.CCC(C)(C)C. The molecule has 0 N–H and O–H groups in total. The zero-order valence-corrected chi connectivity index (χ0v) is 21.2. The predicted octanol–water partition coefficient (Wildman–Crippen LogP) is 7.76. The van der Waals surface area contributed by atoms with Crippen molar-refractivity contribution in [3.63, 3.8) is 0 Å². The number of aromatic nitrogens is 2. The van der Waals surface area contributed by atoms with E-state index in [1.165, 1.54) is 12.0 Å². The molecule has 0 atom stereocenters. The number of allylic oxidation sites excluding steroid dienone is 1. The highest BCUT2D eigenvalue weighted by Gasteiger charge is 2.09. The van der Waals surface area contributed by atoms with Gasteiger partial charge in [-0.05, 0) is 62.1 Å². The molecule has 3 aromatic rings. The maximum Gasteiger partial charge on any atom is 0.0706 e. The molecule has 0 aliphatic heterocycles. The highest BCUT2D eigenvalue weighted by atomic mass is 15.1. The third kappa shape index (κ3) is 7.64. The van der Waals surface area contributed by atoms with Gasteiger partial charge in [-0.25, -0.2) is 0 Å². The van der Waals surface area contributed by atoms with Gasteiger partial charge in [0.25, 0.3) is 0 Å². The molecule has 0 aliphatic carbocycles. The first-order chi connectivity index (χ1) is 15.0. The monoisotopic (exact) mass is 429 g/mol. The topological polar surface area (TPSA) is 29.0 Å². The molecule has 0 unspecified atom stereocenters. The average Bonchev–Trinajstić information content (AvgIpc) is 2.73. The molecule has 2 aromatic heterocycles. The molecule has 0 fully saturated rings. The van der Waals surface area contributed by atoms with Gasteiger partial charge >= 0.3 is 0 Å². The molecule has 1 aromatic carbocycles. The third-order valence-corrected chi connectivity index (χ3v) is 5.61. The van der Waals surface area contributed by atoms with Gasteiger partial charge in [0.15, 0.2) is 0 Å². The summed E-state index contributed by atoms with van der Waals surface area (Å²) in [4.78, 5) is 11.6. The Balaban J connectivity index is 0.000000534. The number of benzene rings is 1. The van der Waals surface area contributed by atoms with Crippen molar-refractivity contribution in [2.45, 2.75) is 61.3 Å². The first kappa shape index (κ1) is 25.3. The Morgan fingerprint density at radius 1 is 0.938 bits per heavy atom. The van der Waals surface area contributed by atoms with E-state index in [9.17, 15) is 0 Å². The molecule has 0 aliphatic rings. The minimum atomic E-state index is 0.542. The summed E-state index contributed by atoms with van der Waals surface area (Å²) in [5.74, 6) is 0. The summed E-state index contributed by atoms with van der Waals surface area (Å²) in [6.07, 6.45) is 2.01. The number of anilines is 1. The van der Waals surface area contributed by atoms with Gasteiger partial charge < -0.3 is 4.90 Å². The van der Waals surface area contributed by atoms with Crippen LogP contribution in [0.2, 0.25) is 0 Å². The van der Waals surface area contributed by atoms with Crippen molar-refractivity contribution in [1.82, 2.24) is 9.97 Å². The van der Waals surface area contributed by atoms with Crippen molar-refractivity contribution in [1.29, 1.82) is 0 Å². The molecular weight excluding hydrogens is 390 g/mol. The maximum atomic E-state index is 4.86. The zero-order chi connectivity index (χ0) is 23.9. The van der Waals surface area contributed by atoms with Gasteiger partial charge in [-0.3, -0.25) is 9.97 Å². The summed E-state index contributed by atoms with van der Waals surface area (Å²) >= 11 is 0. The Morgan fingerprint density at radius 2 is 1.53 bits per heavy atom. The normalized spacial score (nSPS) is 10.9. The lowest BCUT2D eigenvalue weighted by molar-refractivity contribution is 0.398. The van der Waals surface area contributed by atoms with E-state index in [0.717, 1.165) is 46.1 Å². The predicted molar refractivity (Wildman–Crippen MR) is 139 cm³/mol. The number of nitrogens with zero attached hydrogens (tertiary/aromatic N) is 3. The fraction of sp³-hybridized carbons (Fsp3) is 0.379. The minimum absolute atomic E-state index is 0.542. The van der Waals surface area contributed by atoms with E-state index in [-0.39, 0.29) is 0 Å². The molecule has 0 amide bonds. The maximum absolute atomic E-state index is 4.86. The van der Waals surface area contributed by atoms with Crippen LogP contribution in [0.3, 0.4) is 0 Å². The quantitative estimate of drug-likeness (QED) is 0.415. The highest BCUT2D eigenvalue weighted by molar-refractivity contribution is 5.69. The van der Waals surface area contributed by atoms with E-state index in [4.69, 9.17) is 4.98 Å². The van der Waals surface area contributed by atoms with E-state index in [0.29, 0.717) is 5.41 Å². The Hall–Kier alpha value is -2.94. The molecule has 3 heteroatoms. The van der Waals surface area contributed by atoms with E-state index in [1.54, 1.807) is 0 Å². The molecule has 0 bridgehead atoms. The summed E-state index contributed by atoms with van der Waals surface area (Å²) in [5, 5.41) is 0. The van der Waals surface area contributed by atoms with Crippen LogP contribution in [0.5, 0.6) is 0 Å². The Morgan fingerprint density at radius 3 is 2.09 bits per heavy atom. The van der Waals surface area contributed by atoms with E-state index >= 15 is 0 Å². The molecule has 32 heavy (non-hydrogen) atoms. The zero-order valence-electron chi connectivity index (χ0n) is 21.2. The van der Waals surface area contributed by atoms with Gasteiger partial charge in [0, 0.05) is 47.5 Å². The Kier molecular flexibility index (Phi) is 8.77. The van der Waals surface area contributed by atoms with Crippen LogP contribution in [-0.4, -0.2) is 17.0 Å². The van der Waals surface area contributed by atoms with Crippen LogP contribution in [0.25, 0.3) is 11.3 Å². The van der Waals surface area contributed by atoms with Gasteiger partial charge in [-0.15, -0.1) is 0 Å². The fourth-order valence-electron chi connectivity index (χ4n) is 2.96. The molecule has 0 spiro atoms. The summed E-state index contributed by atoms with van der Waals surface area (Å²) in [5.41, 5.74) is 9.12. The molecular formula is C29H39N3. The summed E-state index contributed by atoms with van der Waals surface area (Å²) < 4.78 is 0. The van der Waals surface area contributed by atoms with Gasteiger partial charge in [0.05, 0.1) is 5.69 Å². The molecule has 0 saturated heterocycles. The van der Waals surface area contributed by atoms with Crippen molar-refractivity contribution in [2.75, 3.05) is 11.9 Å². The number of hydrogen-bond acceptors (Lipinski definition) is 3. The summed E-state index contributed by atoms with van der Waals surface area (Å²) in [6, 6.07) is 18.7. The van der Waals surface area contributed by atoms with Crippen LogP contribution in [0.1, 0.15) is 63.7 Å². The average molecular weight is 430 g/mol. The van der Waals surface area contributed by atoms with Crippen LogP contribution < -0.4 is 4.90 Å². The second-order valence-corrected chi connectivity index (χ2v) is 9.67. The van der Waals surface area contributed by atoms with Crippen LogP contribution >= 0.6 is 0 Å². The van der Waals surface area contributed by atoms with E-state index in [2.05, 4.69) is 87.5 Å². The van der Waals surface area contributed by atoms with Crippen LogP contribution in [-0.2, 0) is 6.42 Å². The lowest BCUT2D eigenvalue weighted by Gasteiger charge is -2.22. The van der Waals surface area contributed by atoms with Crippen LogP contribution in [0.15, 0.2) is 66.9 Å². The van der Waals surface area contributed by atoms with Crippen molar-refractivity contribution < 1.29 is 0 Å². The second kappa shape index (κ2) is 11.1. The van der Waals surface area contributed by atoms with Gasteiger partial charge in [0.2, 0.25) is 0 Å². The first-order valence-electron chi connectivity index (χ1n) is 11.4. The largest absolute Gasteiger partial charge is 0.349 e. The van der Waals surface area contributed by atoms with Gasteiger partial charge in [0.1, 0.15) is 0 Å². The van der Waals surface area contributed by atoms with Gasteiger partial charge in [-0.1, -0.05) is 65.0 Å². The Bertz CT molecular complexity index is 1040. The standard InChI is InChI=1S/C23H25N3.C6H14/c1-16(2)26(5)23-14-19(13-12-17(23)3)22-11-7-10-21(25-22)15-20-9-6-8-18(4)24-20;1-5-6(2,3)4/h6-14H,1,15H2,2-5H3;5H2,1-4H3. The number of aryl methyl sites for hydroxylation is 2. The number of rotatable bonds is 5. The minimum Gasteiger partial charge on any atom is -0.349 e. The molecule has 0 saturated carbocycles. The molecule has 2 heterocycles. The van der Waals surface area contributed by atoms with E-state index < -0.39 is 0 Å². The van der Waals surface area contributed by atoms with Gasteiger partial charge in [-0.2, -0.15) is 0 Å². The number of pyridine rings is 2. The van der Waals surface area contributed by atoms with E-state index in [1.807, 2.05) is 39.1 Å². The summed E-state index contributed by atoms with van der Waals surface area (Å²) in [7, 11) is 2.04. The third-order valence-electron chi connectivity index (χ3n) is 5.61. The molecule has 0 radical (unpaired) electrons. The van der Waals surface area contributed by atoms with Crippen molar-refractivity contribution in [3.05, 3.63) is 89.5 Å². The molecule has 170 valence electrons. The van der Waals surface area contributed by atoms with Crippen molar-refractivity contribution >= 4 is 5.69 Å². The first-order valence-corrected chi connectivity index (χ1v) is 11.4. The second-order valence-electron chi connectivity index (χ2n) is 9.67. The molecule has 3 nitrogen and oxygen atoms in total. The number of hydrogen-bond donors (Lipinski definition) is 0. The van der Waals surface area contributed by atoms with Crippen molar-refractivity contribution in [3.8, 4) is 11.3 Å². The highest BCUT2D eigenvalue weighted by Crippen LogP contribution is 2.28. The lowest BCUT2D eigenvalue weighted by Crippen LogP contribution is -2.14.